The van der Waals surface area contributed by atoms with Crippen LogP contribution in [0.3, 0.4) is 0 Å². The van der Waals surface area contributed by atoms with Crippen LogP contribution >= 0.6 is 0 Å². The van der Waals surface area contributed by atoms with E-state index in [1.165, 1.54) is 0 Å². The van der Waals surface area contributed by atoms with E-state index in [1.54, 1.807) is 28.6 Å². The molecule has 0 aromatic heterocycles. The molecular weight excluding hydrogens is 286 g/mol. The largest absolute Gasteiger partial charge is 0.317 e. The van der Waals surface area contributed by atoms with Gasteiger partial charge in [0.15, 0.2) is 0 Å². The Morgan fingerprint density at radius 2 is 1.90 bits per heavy atom. The van der Waals surface area contributed by atoms with E-state index < -0.39 is 10.0 Å². The lowest BCUT2D eigenvalue weighted by Gasteiger charge is -2.33. The molecule has 6 heteroatoms. The molecule has 0 radical (unpaired) electrons. The summed E-state index contributed by atoms with van der Waals surface area (Å²) >= 11 is 0. The molecule has 1 fully saturated rings. The zero-order chi connectivity index (χ0) is 15.3. The number of nitrogens with zero attached hydrogens (tertiary/aromatic N) is 2. The number of rotatable bonds is 5. The van der Waals surface area contributed by atoms with E-state index in [0.29, 0.717) is 12.1 Å². The van der Waals surface area contributed by atoms with E-state index in [4.69, 9.17) is 5.26 Å². The second-order valence-electron chi connectivity index (χ2n) is 5.25. The lowest BCUT2D eigenvalue weighted by atomic mass is 10.1. The topological polar surface area (TPSA) is 73.2 Å². The molecular formula is C15H21N3O2S. The van der Waals surface area contributed by atoms with Gasteiger partial charge in [-0.25, -0.2) is 8.42 Å². The van der Waals surface area contributed by atoms with Crippen molar-refractivity contribution in [2.75, 3.05) is 19.6 Å². The zero-order valence-electron chi connectivity index (χ0n) is 12.2. The first kappa shape index (κ1) is 16.0. The van der Waals surface area contributed by atoms with Crippen LogP contribution in [0.15, 0.2) is 24.3 Å². The van der Waals surface area contributed by atoms with Gasteiger partial charge in [-0.15, -0.1) is 0 Å². The van der Waals surface area contributed by atoms with Crippen molar-refractivity contribution in [2.45, 2.75) is 31.6 Å². The molecule has 1 aliphatic rings. The quantitative estimate of drug-likeness (QED) is 0.894. The molecule has 5 nitrogen and oxygen atoms in total. The maximum absolute atomic E-state index is 12.6. The standard InChI is InChI=1S/C15H21N3O2S/c1-2-18(15-7-9-17-10-8-15)21(19,20)12-14-5-3-13(11-16)4-6-14/h3-6,15,17H,2,7-10,12H2,1H3. The number of hydrogen-bond donors (Lipinski definition) is 1. The van der Waals surface area contributed by atoms with Crippen LogP contribution < -0.4 is 5.32 Å². The fraction of sp³-hybridized carbons (Fsp3) is 0.533. The van der Waals surface area contributed by atoms with Crippen molar-refractivity contribution < 1.29 is 8.42 Å². The van der Waals surface area contributed by atoms with Gasteiger partial charge in [0.05, 0.1) is 17.4 Å². The van der Waals surface area contributed by atoms with Crippen LogP contribution in [0.25, 0.3) is 0 Å². The van der Waals surface area contributed by atoms with Gasteiger partial charge in [0.1, 0.15) is 0 Å². The van der Waals surface area contributed by atoms with Crippen LogP contribution in [0, 0.1) is 11.3 Å². The Hall–Kier alpha value is -1.42. The van der Waals surface area contributed by atoms with Crippen LogP contribution in [-0.2, 0) is 15.8 Å². The molecule has 1 heterocycles. The molecule has 1 aromatic carbocycles. The minimum Gasteiger partial charge on any atom is -0.317 e. The van der Waals surface area contributed by atoms with Crippen molar-refractivity contribution >= 4 is 10.0 Å². The minimum atomic E-state index is -3.32. The van der Waals surface area contributed by atoms with E-state index >= 15 is 0 Å². The van der Waals surface area contributed by atoms with Gasteiger partial charge in [-0.2, -0.15) is 9.57 Å². The van der Waals surface area contributed by atoms with E-state index in [-0.39, 0.29) is 11.8 Å². The summed E-state index contributed by atoms with van der Waals surface area (Å²) in [5.41, 5.74) is 1.27. The molecule has 0 atom stereocenters. The molecule has 0 aliphatic carbocycles. The number of nitrogens with one attached hydrogen (secondary N) is 1. The fourth-order valence-corrected chi connectivity index (χ4v) is 4.58. The molecule has 114 valence electrons. The number of benzene rings is 1. The first-order chi connectivity index (χ1) is 10.1. The van der Waals surface area contributed by atoms with Gasteiger partial charge >= 0.3 is 0 Å². The minimum absolute atomic E-state index is 0.00349. The normalized spacial score (nSPS) is 16.8. The number of nitriles is 1. The molecule has 0 saturated carbocycles. The number of sulfonamides is 1. The van der Waals surface area contributed by atoms with Gasteiger partial charge < -0.3 is 5.32 Å². The Labute approximate surface area is 126 Å². The van der Waals surface area contributed by atoms with Crippen LogP contribution in [-0.4, -0.2) is 38.4 Å². The summed E-state index contributed by atoms with van der Waals surface area (Å²) in [6, 6.07) is 8.88. The van der Waals surface area contributed by atoms with Crippen molar-refractivity contribution in [1.82, 2.24) is 9.62 Å². The van der Waals surface area contributed by atoms with E-state index in [1.807, 2.05) is 13.0 Å². The zero-order valence-corrected chi connectivity index (χ0v) is 13.1. The maximum Gasteiger partial charge on any atom is 0.218 e. The van der Waals surface area contributed by atoms with Gasteiger partial charge in [-0.1, -0.05) is 19.1 Å². The third-order valence-corrected chi connectivity index (χ3v) is 5.79. The van der Waals surface area contributed by atoms with Crippen molar-refractivity contribution in [3.63, 3.8) is 0 Å². The smallest absolute Gasteiger partial charge is 0.218 e. The first-order valence-electron chi connectivity index (χ1n) is 7.26. The van der Waals surface area contributed by atoms with Crippen molar-refractivity contribution in [3.8, 4) is 6.07 Å². The molecule has 1 aromatic rings. The average molecular weight is 307 g/mol. The molecule has 0 amide bonds. The maximum atomic E-state index is 12.6. The molecule has 0 unspecified atom stereocenters. The second-order valence-corrected chi connectivity index (χ2v) is 7.17. The van der Waals surface area contributed by atoms with Crippen molar-refractivity contribution in [3.05, 3.63) is 35.4 Å². The fourth-order valence-electron chi connectivity index (χ4n) is 2.75. The van der Waals surface area contributed by atoms with Gasteiger partial charge in [0, 0.05) is 12.6 Å². The number of piperidine rings is 1. The lowest BCUT2D eigenvalue weighted by molar-refractivity contribution is 0.270. The van der Waals surface area contributed by atoms with Crippen LogP contribution in [0.5, 0.6) is 0 Å². The number of hydrogen-bond acceptors (Lipinski definition) is 4. The van der Waals surface area contributed by atoms with Crippen LogP contribution in [0.1, 0.15) is 30.9 Å². The molecule has 0 bridgehead atoms. The first-order valence-corrected chi connectivity index (χ1v) is 8.87. The molecule has 1 aliphatic heterocycles. The Balaban J connectivity index is 2.12. The summed E-state index contributed by atoms with van der Waals surface area (Å²) in [6.07, 6.45) is 1.72. The van der Waals surface area contributed by atoms with Gasteiger partial charge in [-0.05, 0) is 43.6 Å². The molecule has 2 rings (SSSR count). The Kier molecular flexibility index (Phi) is 5.34. The third kappa shape index (κ3) is 4.03. The molecule has 1 N–H and O–H groups in total. The Morgan fingerprint density at radius 1 is 1.29 bits per heavy atom. The highest BCUT2D eigenvalue weighted by atomic mass is 32.2. The molecule has 0 spiro atoms. The highest BCUT2D eigenvalue weighted by Gasteiger charge is 2.29. The van der Waals surface area contributed by atoms with Gasteiger partial charge in [0.2, 0.25) is 10.0 Å². The predicted molar refractivity (Wildman–Crippen MR) is 82.1 cm³/mol. The summed E-state index contributed by atoms with van der Waals surface area (Å²) in [7, 11) is -3.32. The predicted octanol–water partition coefficient (Wildman–Crippen LogP) is 1.46. The van der Waals surface area contributed by atoms with Gasteiger partial charge in [-0.3, -0.25) is 0 Å². The average Bonchev–Trinajstić information content (AvgIpc) is 2.49. The summed E-state index contributed by atoms with van der Waals surface area (Å²) < 4.78 is 26.9. The van der Waals surface area contributed by atoms with Gasteiger partial charge in [0.25, 0.3) is 0 Å². The van der Waals surface area contributed by atoms with Crippen molar-refractivity contribution in [1.29, 1.82) is 5.26 Å². The van der Waals surface area contributed by atoms with Crippen LogP contribution in [0.4, 0.5) is 0 Å². The molecule has 1 saturated heterocycles. The third-order valence-electron chi connectivity index (χ3n) is 3.82. The summed E-state index contributed by atoms with van der Waals surface area (Å²) in [5, 5.41) is 12.0. The summed E-state index contributed by atoms with van der Waals surface area (Å²) in [5.74, 6) is -0.00349. The van der Waals surface area contributed by atoms with E-state index in [2.05, 4.69) is 5.32 Å². The Bertz CT molecular complexity index is 599. The summed E-state index contributed by atoms with van der Waals surface area (Å²) in [6.45, 7) is 4.13. The second kappa shape index (κ2) is 7.03. The monoisotopic (exact) mass is 307 g/mol. The highest BCUT2D eigenvalue weighted by molar-refractivity contribution is 7.88. The van der Waals surface area contributed by atoms with E-state index in [0.717, 1.165) is 31.5 Å². The highest BCUT2D eigenvalue weighted by Crippen LogP contribution is 2.19. The Morgan fingerprint density at radius 3 is 2.43 bits per heavy atom. The lowest BCUT2D eigenvalue weighted by Crippen LogP contribution is -2.46. The summed E-state index contributed by atoms with van der Waals surface area (Å²) in [4.78, 5) is 0. The van der Waals surface area contributed by atoms with Crippen LogP contribution in [0.2, 0.25) is 0 Å². The molecule has 21 heavy (non-hydrogen) atoms. The van der Waals surface area contributed by atoms with E-state index in [9.17, 15) is 8.42 Å². The van der Waals surface area contributed by atoms with Crippen molar-refractivity contribution in [2.24, 2.45) is 0 Å². The SMILES string of the molecule is CCN(C1CCNCC1)S(=O)(=O)Cc1ccc(C#N)cc1.